The summed E-state index contributed by atoms with van der Waals surface area (Å²) in [5.74, 6) is -0.0187. The SMILES string of the molecule is CCCN1C(=O)c2ccc(-c3nc4ccc(C)cc4o3)cc2C1=O. The quantitative estimate of drug-likeness (QED) is 0.688. The van der Waals surface area contributed by atoms with Crippen molar-refractivity contribution in [2.45, 2.75) is 20.3 Å². The third kappa shape index (κ3) is 2.12. The number of aromatic nitrogens is 1. The van der Waals surface area contributed by atoms with E-state index >= 15 is 0 Å². The molecule has 0 fully saturated rings. The molecule has 5 heteroatoms. The number of fused-ring (bicyclic) bond motifs is 2. The van der Waals surface area contributed by atoms with Gasteiger partial charge in [0.15, 0.2) is 5.58 Å². The summed E-state index contributed by atoms with van der Waals surface area (Å²) in [7, 11) is 0. The van der Waals surface area contributed by atoms with Gasteiger partial charge in [-0.1, -0.05) is 13.0 Å². The summed E-state index contributed by atoms with van der Waals surface area (Å²) in [4.78, 5) is 30.5. The lowest BCUT2D eigenvalue weighted by Crippen LogP contribution is -2.30. The highest BCUT2D eigenvalue weighted by atomic mass is 16.3. The smallest absolute Gasteiger partial charge is 0.261 e. The topological polar surface area (TPSA) is 63.4 Å². The van der Waals surface area contributed by atoms with Gasteiger partial charge in [-0.15, -0.1) is 0 Å². The molecule has 0 spiro atoms. The van der Waals surface area contributed by atoms with Crippen molar-refractivity contribution in [2.24, 2.45) is 0 Å². The van der Waals surface area contributed by atoms with Gasteiger partial charge in [-0.2, -0.15) is 0 Å². The van der Waals surface area contributed by atoms with Crippen LogP contribution in [0.2, 0.25) is 0 Å². The zero-order valence-electron chi connectivity index (χ0n) is 13.5. The van der Waals surface area contributed by atoms with Gasteiger partial charge in [0.05, 0.1) is 11.1 Å². The van der Waals surface area contributed by atoms with Crippen LogP contribution < -0.4 is 0 Å². The van der Waals surface area contributed by atoms with Gasteiger partial charge in [0.2, 0.25) is 5.89 Å². The van der Waals surface area contributed by atoms with Crippen LogP contribution in [0, 0.1) is 6.92 Å². The van der Waals surface area contributed by atoms with Crippen LogP contribution in [0.5, 0.6) is 0 Å². The fraction of sp³-hybridized carbons (Fsp3) is 0.211. The minimum Gasteiger partial charge on any atom is -0.436 e. The number of aryl methyl sites for hydroxylation is 1. The maximum atomic E-state index is 12.5. The molecule has 5 nitrogen and oxygen atoms in total. The van der Waals surface area contributed by atoms with E-state index in [1.54, 1.807) is 18.2 Å². The average molecular weight is 320 g/mol. The van der Waals surface area contributed by atoms with Crippen LogP contribution in [0.4, 0.5) is 0 Å². The van der Waals surface area contributed by atoms with Crippen molar-refractivity contribution in [3.8, 4) is 11.5 Å². The molecule has 4 rings (SSSR count). The average Bonchev–Trinajstić information content (AvgIpc) is 3.09. The second-order valence-corrected chi connectivity index (χ2v) is 6.01. The lowest BCUT2D eigenvalue weighted by atomic mass is 10.1. The first-order valence-corrected chi connectivity index (χ1v) is 7.96. The van der Waals surface area contributed by atoms with Crippen molar-refractivity contribution in [1.29, 1.82) is 0 Å². The first kappa shape index (κ1) is 14.6. The van der Waals surface area contributed by atoms with Crippen molar-refractivity contribution >= 4 is 22.9 Å². The lowest BCUT2D eigenvalue weighted by molar-refractivity contribution is 0.0654. The van der Waals surface area contributed by atoms with Crippen molar-refractivity contribution in [2.75, 3.05) is 6.54 Å². The Morgan fingerprint density at radius 2 is 1.83 bits per heavy atom. The zero-order valence-corrected chi connectivity index (χ0v) is 13.5. The maximum Gasteiger partial charge on any atom is 0.261 e. The number of nitrogens with zero attached hydrogens (tertiary/aromatic N) is 2. The molecule has 2 aromatic carbocycles. The summed E-state index contributed by atoms with van der Waals surface area (Å²) in [6, 6.07) is 11.0. The fourth-order valence-electron chi connectivity index (χ4n) is 3.01. The molecule has 0 N–H and O–H groups in total. The minimum atomic E-state index is -0.245. The molecule has 0 aliphatic carbocycles. The standard InChI is InChI=1S/C19H16N2O3/c1-3-8-21-18(22)13-6-5-12(10-14(13)19(21)23)17-20-15-7-4-11(2)9-16(15)24-17/h4-7,9-10H,3,8H2,1-2H3. The van der Waals surface area contributed by atoms with Gasteiger partial charge in [0, 0.05) is 12.1 Å². The van der Waals surface area contributed by atoms with Crippen LogP contribution >= 0.6 is 0 Å². The largest absolute Gasteiger partial charge is 0.436 e. The van der Waals surface area contributed by atoms with Gasteiger partial charge < -0.3 is 4.42 Å². The Morgan fingerprint density at radius 3 is 2.62 bits per heavy atom. The molecule has 0 saturated carbocycles. The number of carbonyl (C=O) groups excluding carboxylic acids is 2. The predicted molar refractivity (Wildman–Crippen MR) is 89.8 cm³/mol. The van der Waals surface area contributed by atoms with Crippen LogP contribution in [0.25, 0.3) is 22.6 Å². The van der Waals surface area contributed by atoms with E-state index in [-0.39, 0.29) is 11.8 Å². The number of amides is 2. The van der Waals surface area contributed by atoms with Crippen LogP contribution in [0.1, 0.15) is 39.6 Å². The Morgan fingerprint density at radius 1 is 1.04 bits per heavy atom. The van der Waals surface area contributed by atoms with E-state index in [0.29, 0.717) is 34.7 Å². The molecule has 3 aromatic rings. The number of hydrogen-bond acceptors (Lipinski definition) is 4. The predicted octanol–water partition coefficient (Wildman–Crippen LogP) is 3.81. The number of hydrogen-bond donors (Lipinski definition) is 0. The zero-order chi connectivity index (χ0) is 16.8. The Hall–Kier alpha value is -2.95. The molecule has 24 heavy (non-hydrogen) atoms. The summed E-state index contributed by atoms with van der Waals surface area (Å²) in [6.07, 6.45) is 0.739. The van der Waals surface area contributed by atoms with E-state index in [1.807, 2.05) is 32.0 Å². The minimum absolute atomic E-state index is 0.225. The molecule has 2 heterocycles. The third-order valence-electron chi connectivity index (χ3n) is 4.21. The van der Waals surface area contributed by atoms with E-state index < -0.39 is 0 Å². The van der Waals surface area contributed by atoms with E-state index in [1.165, 1.54) is 4.90 Å². The molecule has 0 bridgehead atoms. The van der Waals surface area contributed by atoms with E-state index in [2.05, 4.69) is 4.98 Å². The highest BCUT2D eigenvalue weighted by Gasteiger charge is 2.35. The van der Waals surface area contributed by atoms with Crippen LogP contribution in [-0.2, 0) is 0 Å². The summed E-state index contributed by atoms with van der Waals surface area (Å²) in [5, 5.41) is 0. The summed E-state index contributed by atoms with van der Waals surface area (Å²) in [5.41, 5.74) is 4.14. The fourth-order valence-corrected chi connectivity index (χ4v) is 3.01. The molecule has 0 atom stereocenters. The molecule has 1 aliphatic rings. The Balaban J connectivity index is 1.79. The molecule has 0 unspecified atom stereocenters. The first-order chi connectivity index (χ1) is 11.6. The molecular formula is C19H16N2O3. The highest BCUT2D eigenvalue weighted by Crippen LogP contribution is 2.30. The number of carbonyl (C=O) groups is 2. The summed E-state index contributed by atoms with van der Waals surface area (Å²) < 4.78 is 5.81. The second kappa shape index (κ2) is 5.30. The number of benzene rings is 2. The van der Waals surface area contributed by atoms with E-state index in [0.717, 1.165) is 17.5 Å². The van der Waals surface area contributed by atoms with Gasteiger partial charge in [-0.05, 0) is 49.2 Å². The van der Waals surface area contributed by atoms with Crippen molar-refractivity contribution < 1.29 is 14.0 Å². The van der Waals surface area contributed by atoms with E-state index in [9.17, 15) is 9.59 Å². The molecule has 2 amide bonds. The van der Waals surface area contributed by atoms with Crippen LogP contribution in [0.3, 0.4) is 0 Å². The first-order valence-electron chi connectivity index (χ1n) is 7.96. The molecule has 0 radical (unpaired) electrons. The number of oxazole rings is 1. The maximum absolute atomic E-state index is 12.5. The monoisotopic (exact) mass is 320 g/mol. The van der Waals surface area contributed by atoms with Gasteiger partial charge in [0.1, 0.15) is 5.52 Å². The van der Waals surface area contributed by atoms with Crippen LogP contribution in [-0.4, -0.2) is 28.2 Å². The molecule has 1 aromatic heterocycles. The lowest BCUT2D eigenvalue weighted by Gasteiger charge is -2.11. The summed E-state index contributed by atoms with van der Waals surface area (Å²) >= 11 is 0. The third-order valence-corrected chi connectivity index (χ3v) is 4.21. The van der Waals surface area contributed by atoms with E-state index in [4.69, 9.17) is 4.42 Å². The number of rotatable bonds is 3. The number of imide groups is 1. The van der Waals surface area contributed by atoms with Gasteiger partial charge in [-0.25, -0.2) is 4.98 Å². The second-order valence-electron chi connectivity index (χ2n) is 6.01. The molecule has 0 saturated heterocycles. The molecule has 1 aliphatic heterocycles. The molecule has 120 valence electrons. The normalized spacial score (nSPS) is 13.8. The van der Waals surface area contributed by atoms with Gasteiger partial charge in [-0.3, -0.25) is 14.5 Å². The van der Waals surface area contributed by atoms with Crippen molar-refractivity contribution in [3.05, 3.63) is 53.1 Å². The summed E-state index contributed by atoms with van der Waals surface area (Å²) in [6.45, 7) is 4.36. The van der Waals surface area contributed by atoms with Gasteiger partial charge >= 0.3 is 0 Å². The van der Waals surface area contributed by atoms with Gasteiger partial charge in [0.25, 0.3) is 11.8 Å². The Bertz CT molecular complexity index is 987. The van der Waals surface area contributed by atoms with Crippen molar-refractivity contribution in [3.63, 3.8) is 0 Å². The van der Waals surface area contributed by atoms with Crippen LogP contribution in [0.15, 0.2) is 40.8 Å². The Kier molecular flexibility index (Phi) is 3.23. The highest BCUT2D eigenvalue weighted by molar-refractivity contribution is 6.21. The Labute approximate surface area is 138 Å². The molecular weight excluding hydrogens is 304 g/mol. The van der Waals surface area contributed by atoms with Crippen molar-refractivity contribution in [1.82, 2.24) is 9.88 Å².